The SMILES string of the molecule is N#Cc1ccc(NCCNC(=O)C2CCCC2)c(F)c1. The molecule has 2 N–H and O–H groups in total. The van der Waals surface area contributed by atoms with E-state index >= 15 is 0 Å². The minimum atomic E-state index is -0.453. The van der Waals surface area contributed by atoms with E-state index in [-0.39, 0.29) is 11.8 Å². The third-order valence-corrected chi connectivity index (χ3v) is 3.56. The van der Waals surface area contributed by atoms with E-state index in [2.05, 4.69) is 10.6 Å². The van der Waals surface area contributed by atoms with E-state index in [9.17, 15) is 9.18 Å². The Labute approximate surface area is 118 Å². The maximum absolute atomic E-state index is 13.6. The summed E-state index contributed by atoms with van der Waals surface area (Å²) in [5.41, 5.74) is 0.640. The molecule has 0 aromatic heterocycles. The Hall–Kier alpha value is -2.09. The van der Waals surface area contributed by atoms with Crippen LogP contribution in [0.2, 0.25) is 0 Å². The van der Waals surface area contributed by atoms with Gasteiger partial charge in [-0.05, 0) is 31.0 Å². The van der Waals surface area contributed by atoms with Gasteiger partial charge in [-0.1, -0.05) is 12.8 Å². The lowest BCUT2D eigenvalue weighted by molar-refractivity contribution is -0.124. The summed E-state index contributed by atoms with van der Waals surface area (Å²) in [4.78, 5) is 11.8. The van der Waals surface area contributed by atoms with E-state index in [0.29, 0.717) is 24.3 Å². The second-order valence-electron chi connectivity index (χ2n) is 5.01. The zero-order chi connectivity index (χ0) is 14.4. The molecule has 0 atom stereocenters. The Morgan fingerprint density at radius 2 is 2.10 bits per heavy atom. The lowest BCUT2D eigenvalue weighted by Crippen LogP contribution is -2.33. The maximum Gasteiger partial charge on any atom is 0.223 e. The van der Waals surface area contributed by atoms with Crippen LogP contribution >= 0.6 is 0 Å². The summed E-state index contributed by atoms with van der Waals surface area (Å²) in [6.07, 6.45) is 4.21. The molecular weight excluding hydrogens is 257 g/mol. The third kappa shape index (κ3) is 3.70. The van der Waals surface area contributed by atoms with Crippen LogP contribution in [0.25, 0.3) is 0 Å². The highest BCUT2D eigenvalue weighted by molar-refractivity contribution is 5.78. The van der Waals surface area contributed by atoms with Gasteiger partial charge in [-0.15, -0.1) is 0 Å². The summed E-state index contributed by atoms with van der Waals surface area (Å²) in [5.74, 6) is -0.197. The Morgan fingerprint density at radius 1 is 1.35 bits per heavy atom. The first-order chi connectivity index (χ1) is 9.70. The van der Waals surface area contributed by atoms with Crippen molar-refractivity contribution in [3.63, 3.8) is 0 Å². The number of hydrogen-bond donors (Lipinski definition) is 2. The van der Waals surface area contributed by atoms with Crippen LogP contribution in [0.15, 0.2) is 18.2 Å². The first kappa shape index (κ1) is 14.3. The molecule has 1 amide bonds. The molecule has 0 radical (unpaired) electrons. The van der Waals surface area contributed by atoms with Crippen molar-refractivity contribution in [1.29, 1.82) is 5.26 Å². The number of anilines is 1. The monoisotopic (exact) mass is 275 g/mol. The molecule has 4 nitrogen and oxygen atoms in total. The van der Waals surface area contributed by atoms with Crippen LogP contribution in [-0.4, -0.2) is 19.0 Å². The number of rotatable bonds is 5. The van der Waals surface area contributed by atoms with E-state index in [1.165, 1.54) is 12.1 Å². The summed E-state index contributed by atoms with van der Waals surface area (Å²) in [5, 5.41) is 14.4. The lowest BCUT2D eigenvalue weighted by atomic mass is 10.1. The zero-order valence-corrected chi connectivity index (χ0v) is 11.3. The molecule has 0 aliphatic heterocycles. The molecular formula is C15H18FN3O. The molecule has 20 heavy (non-hydrogen) atoms. The van der Waals surface area contributed by atoms with Gasteiger partial charge in [-0.2, -0.15) is 5.26 Å². The highest BCUT2D eigenvalue weighted by atomic mass is 19.1. The van der Waals surface area contributed by atoms with Crippen molar-refractivity contribution in [2.75, 3.05) is 18.4 Å². The van der Waals surface area contributed by atoms with Crippen LogP contribution in [0.4, 0.5) is 10.1 Å². The first-order valence-corrected chi connectivity index (χ1v) is 6.92. The largest absolute Gasteiger partial charge is 0.381 e. The highest BCUT2D eigenvalue weighted by Crippen LogP contribution is 2.24. The predicted octanol–water partition coefficient (Wildman–Crippen LogP) is 2.42. The zero-order valence-electron chi connectivity index (χ0n) is 11.3. The van der Waals surface area contributed by atoms with Crippen molar-refractivity contribution in [3.05, 3.63) is 29.6 Å². The number of benzene rings is 1. The number of carbonyl (C=O) groups is 1. The fourth-order valence-corrected chi connectivity index (χ4v) is 2.44. The fraction of sp³-hybridized carbons (Fsp3) is 0.467. The number of carbonyl (C=O) groups excluding carboxylic acids is 1. The van der Waals surface area contributed by atoms with Crippen molar-refractivity contribution < 1.29 is 9.18 Å². The van der Waals surface area contributed by atoms with Gasteiger partial charge in [0.25, 0.3) is 0 Å². The summed E-state index contributed by atoms with van der Waals surface area (Å²) in [6.45, 7) is 0.927. The minimum absolute atomic E-state index is 0.101. The molecule has 0 heterocycles. The molecule has 1 fully saturated rings. The predicted molar refractivity (Wildman–Crippen MR) is 74.6 cm³/mol. The Balaban J connectivity index is 1.73. The number of nitrogens with one attached hydrogen (secondary N) is 2. The molecule has 0 spiro atoms. The molecule has 1 aromatic carbocycles. The minimum Gasteiger partial charge on any atom is -0.381 e. The van der Waals surface area contributed by atoms with Gasteiger partial charge in [0.05, 0.1) is 17.3 Å². The van der Waals surface area contributed by atoms with Gasteiger partial charge in [0.1, 0.15) is 5.82 Å². The second kappa shape index (κ2) is 6.90. The second-order valence-corrected chi connectivity index (χ2v) is 5.01. The van der Waals surface area contributed by atoms with Crippen LogP contribution in [0.5, 0.6) is 0 Å². The standard InChI is InChI=1S/C15H18FN3O/c16-13-9-11(10-17)5-6-14(13)18-7-8-19-15(20)12-3-1-2-4-12/h5-6,9,12,18H,1-4,7-8H2,(H,19,20). The van der Waals surface area contributed by atoms with Crippen molar-refractivity contribution in [3.8, 4) is 6.07 Å². The van der Waals surface area contributed by atoms with Gasteiger partial charge >= 0.3 is 0 Å². The van der Waals surface area contributed by atoms with E-state index in [0.717, 1.165) is 25.7 Å². The summed E-state index contributed by atoms with van der Waals surface area (Å²) in [6, 6.07) is 6.17. The van der Waals surface area contributed by atoms with Crippen LogP contribution < -0.4 is 10.6 Å². The Morgan fingerprint density at radius 3 is 2.75 bits per heavy atom. The van der Waals surface area contributed by atoms with Gasteiger partial charge in [0, 0.05) is 19.0 Å². The third-order valence-electron chi connectivity index (χ3n) is 3.56. The van der Waals surface area contributed by atoms with Gasteiger partial charge in [-0.3, -0.25) is 4.79 Å². The van der Waals surface area contributed by atoms with Crippen LogP contribution in [-0.2, 0) is 4.79 Å². The number of nitriles is 1. The number of halogens is 1. The molecule has 1 aliphatic rings. The Bertz CT molecular complexity index is 518. The van der Waals surface area contributed by atoms with E-state index in [4.69, 9.17) is 5.26 Å². The molecule has 0 bridgehead atoms. The number of hydrogen-bond acceptors (Lipinski definition) is 3. The van der Waals surface area contributed by atoms with Gasteiger partial charge < -0.3 is 10.6 Å². The fourth-order valence-electron chi connectivity index (χ4n) is 2.44. The van der Waals surface area contributed by atoms with Crippen LogP contribution in [0.3, 0.4) is 0 Å². The number of amides is 1. The maximum atomic E-state index is 13.6. The van der Waals surface area contributed by atoms with Crippen LogP contribution in [0, 0.1) is 23.1 Å². The van der Waals surface area contributed by atoms with Crippen molar-refractivity contribution in [1.82, 2.24) is 5.32 Å². The quantitative estimate of drug-likeness (QED) is 0.811. The molecule has 0 unspecified atom stereocenters. The van der Waals surface area contributed by atoms with E-state index < -0.39 is 5.82 Å². The molecule has 1 saturated carbocycles. The first-order valence-electron chi connectivity index (χ1n) is 6.92. The average molecular weight is 275 g/mol. The van der Waals surface area contributed by atoms with Crippen LogP contribution in [0.1, 0.15) is 31.2 Å². The summed E-state index contributed by atoms with van der Waals surface area (Å²) in [7, 11) is 0. The van der Waals surface area contributed by atoms with Crippen molar-refractivity contribution in [2.24, 2.45) is 5.92 Å². The smallest absolute Gasteiger partial charge is 0.223 e. The van der Waals surface area contributed by atoms with Crippen molar-refractivity contribution in [2.45, 2.75) is 25.7 Å². The molecule has 1 aromatic rings. The average Bonchev–Trinajstić information content (AvgIpc) is 2.98. The summed E-state index contributed by atoms with van der Waals surface area (Å²) >= 11 is 0. The van der Waals surface area contributed by atoms with Crippen molar-refractivity contribution >= 4 is 11.6 Å². The molecule has 106 valence electrons. The molecule has 5 heteroatoms. The molecule has 0 saturated heterocycles. The van der Waals surface area contributed by atoms with Gasteiger partial charge in [0.2, 0.25) is 5.91 Å². The van der Waals surface area contributed by atoms with E-state index in [1.54, 1.807) is 6.07 Å². The lowest BCUT2D eigenvalue weighted by Gasteiger charge is -2.11. The number of nitrogens with zero attached hydrogens (tertiary/aromatic N) is 1. The topological polar surface area (TPSA) is 64.9 Å². The van der Waals surface area contributed by atoms with Gasteiger partial charge in [-0.25, -0.2) is 4.39 Å². The molecule has 2 rings (SSSR count). The van der Waals surface area contributed by atoms with E-state index in [1.807, 2.05) is 6.07 Å². The normalized spacial score (nSPS) is 14.8. The summed E-state index contributed by atoms with van der Waals surface area (Å²) < 4.78 is 13.6. The molecule has 1 aliphatic carbocycles. The highest BCUT2D eigenvalue weighted by Gasteiger charge is 2.21. The van der Waals surface area contributed by atoms with Gasteiger partial charge in [0.15, 0.2) is 0 Å². The Kier molecular flexibility index (Phi) is 4.94.